The third-order valence-electron chi connectivity index (χ3n) is 2.58. The Hall–Kier alpha value is -2.77. The number of benzene rings is 1. The van der Waals surface area contributed by atoms with Crippen LogP contribution in [0, 0.1) is 5.82 Å². The second kappa shape index (κ2) is 4.48. The molecule has 7 nitrogen and oxygen atoms in total. The summed E-state index contributed by atoms with van der Waals surface area (Å²) < 4.78 is 18.9. The number of carbonyl (C=O) groups excluding carboxylic acids is 2. The molecule has 100 valence electrons. The molecule has 0 atom stereocenters. The van der Waals surface area contributed by atoms with Gasteiger partial charge in [-0.3, -0.25) is 10.1 Å². The van der Waals surface area contributed by atoms with Gasteiger partial charge in [0.15, 0.2) is 0 Å². The van der Waals surface area contributed by atoms with Crippen molar-refractivity contribution in [2.24, 2.45) is 11.5 Å². The maximum Gasteiger partial charge on any atom is 0.317 e. The van der Waals surface area contributed by atoms with E-state index in [1.807, 2.05) is 0 Å². The second-order valence-electron chi connectivity index (χ2n) is 3.73. The van der Waals surface area contributed by atoms with Gasteiger partial charge < -0.3 is 21.2 Å². The molecule has 0 fully saturated rings. The van der Waals surface area contributed by atoms with Crippen molar-refractivity contribution in [1.82, 2.24) is 4.98 Å². The van der Waals surface area contributed by atoms with E-state index in [9.17, 15) is 14.0 Å². The molecule has 1 heterocycles. The highest BCUT2D eigenvalue weighted by Gasteiger charge is 2.22. The van der Waals surface area contributed by atoms with Crippen molar-refractivity contribution in [2.75, 3.05) is 12.4 Å². The normalized spacial score (nSPS) is 10.4. The van der Waals surface area contributed by atoms with Crippen LogP contribution < -0.4 is 21.5 Å². The first kappa shape index (κ1) is 12.7. The van der Waals surface area contributed by atoms with Gasteiger partial charge in [0.05, 0.1) is 23.6 Å². The first-order chi connectivity index (χ1) is 8.95. The summed E-state index contributed by atoms with van der Waals surface area (Å²) in [4.78, 5) is 25.0. The molecular weight excluding hydrogens is 255 g/mol. The van der Waals surface area contributed by atoms with E-state index in [1.54, 1.807) is 0 Å². The molecule has 1 aromatic carbocycles. The minimum atomic E-state index is -0.909. The molecule has 0 unspecified atom stereocenters. The monoisotopic (exact) mass is 266 g/mol. The maximum atomic E-state index is 13.8. The van der Waals surface area contributed by atoms with Crippen molar-refractivity contribution in [1.29, 1.82) is 0 Å². The van der Waals surface area contributed by atoms with Crippen LogP contribution in [-0.2, 0) is 0 Å². The lowest BCUT2D eigenvalue weighted by Crippen LogP contribution is -2.22. The molecule has 0 spiro atoms. The predicted molar refractivity (Wildman–Crippen MR) is 66.5 cm³/mol. The van der Waals surface area contributed by atoms with Gasteiger partial charge in [0.1, 0.15) is 17.4 Å². The number of urea groups is 1. The van der Waals surface area contributed by atoms with Gasteiger partial charge in [0.25, 0.3) is 5.91 Å². The van der Waals surface area contributed by atoms with Crippen LogP contribution >= 0.6 is 0 Å². The topological polar surface area (TPSA) is 123 Å². The van der Waals surface area contributed by atoms with E-state index in [1.165, 1.54) is 13.2 Å². The average molecular weight is 266 g/mol. The molecule has 3 amide bonds. The quantitative estimate of drug-likeness (QED) is 0.659. The lowest BCUT2D eigenvalue weighted by Gasteiger charge is -2.02. The maximum absolute atomic E-state index is 13.8. The fraction of sp³-hybridized carbons (Fsp3) is 0.0909. The molecule has 8 heteroatoms. The molecule has 0 aliphatic heterocycles. The van der Waals surface area contributed by atoms with Crippen molar-refractivity contribution in [3.8, 4) is 5.75 Å². The van der Waals surface area contributed by atoms with E-state index < -0.39 is 17.8 Å². The third-order valence-corrected chi connectivity index (χ3v) is 2.58. The van der Waals surface area contributed by atoms with Crippen LogP contribution in [0.3, 0.4) is 0 Å². The molecule has 0 aliphatic carbocycles. The summed E-state index contributed by atoms with van der Waals surface area (Å²) in [5.41, 5.74) is 10.2. The number of H-pyrrole nitrogens is 1. The number of methoxy groups -OCH3 is 1. The minimum Gasteiger partial charge on any atom is -0.495 e. The van der Waals surface area contributed by atoms with Gasteiger partial charge in [0, 0.05) is 0 Å². The number of aromatic nitrogens is 1. The fourth-order valence-electron chi connectivity index (χ4n) is 1.87. The Kier molecular flexibility index (Phi) is 2.99. The number of amides is 3. The second-order valence-corrected chi connectivity index (χ2v) is 3.73. The molecule has 0 radical (unpaired) electrons. The van der Waals surface area contributed by atoms with Crippen molar-refractivity contribution >= 4 is 28.7 Å². The van der Waals surface area contributed by atoms with Gasteiger partial charge in [-0.25, -0.2) is 9.18 Å². The molecule has 19 heavy (non-hydrogen) atoms. The molecule has 0 bridgehead atoms. The Morgan fingerprint density at radius 2 is 2.05 bits per heavy atom. The lowest BCUT2D eigenvalue weighted by molar-refractivity contribution is 0.100. The van der Waals surface area contributed by atoms with Crippen molar-refractivity contribution in [3.05, 3.63) is 23.5 Å². The molecule has 0 saturated carbocycles. The van der Waals surface area contributed by atoms with Gasteiger partial charge in [0.2, 0.25) is 0 Å². The number of hydrogen-bond acceptors (Lipinski definition) is 3. The average Bonchev–Trinajstić information content (AvgIpc) is 2.68. The Morgan fingerprint density at radius 3 is 2.58 bits per heavy atom. The molecule has 6 N–H and O–H groups in total. The van der Waals surface area contributed by atoms with Crippen LogP contribution in [0.1, 0.15) is 10.4 Å². The van der Waals surface area contributed by atoms with E-state index in [2.05, 4.69) is 10.3 Å². The predicted octanol–water partition coefficient (Wildman–Crippen LogP) is 0.905. The van der Waals surface area contributed by atoms with Crippen molar-refractivity contribution < 1.29 is 18.7 Å². The van der Waals surface area contributed by atoms with E-state index in [0.717, 1.165) is 6.07 Å². The highest BCUT2D eigenvalue weighted by molar-refractivity contribution is 6.14. The highest BCUT2D eigenvalue weighted by Crippen LogP contribution is 2.34. The van der Waals surface area contributed by atoms with Gasteiger partial charge >= 0.3 is 6.03 Å². The smallest absolute Gasteiger partial charge is 0.317 e. The SMILES string of the molecule is COc1ccc(F)c2c(C(N)=O)c(NC(N)=O)[nH]c12. The number of primary amides is 2. The number of rotatable bonds is 3. The highest BCUT2D eigenvalue weighted by atomic mass is 19.1. The Morgan fingerprint density at radius 1 is 1.37 bits per heavy atom. The number of halogens is 1. The number of hydrogen-bond donors (Lipinski definition) is 4. The number of nitrogens with one attached hydrogen (secondary N) is 2. The summed E-state index contributed by atoms with van der Waals surface area (Å²) in [6.07, 6.45) is 0. The number of ether oxygens (including phenoxy) is 1. The number of fused-ring (bicyclic) bond motifs is 1. The zero-order valence-corrected chi connectivity index (χ0v) is 9.91. The molecule has 1 aromatic heterocycles. The molecule has 0 aliphatic rings. The van der Waals surface area contributed by atoms with E-state index >= 15 is 0 Å². The van der Waals surface area contributed by atoms with Crippen molar-refractivity contribution in [2.45, 2.75) is 0 Å². The van der Waals surface area contributed by atoms with Crippen molar-refractivity contribution in [3.63, 3.8) is 0 Å². The summed E-state index contributed by atoms with van der Waals surface area (Å²) in [6, 6.07) is 1.61. The molecular formula is C11H11FN4O3. The number of nitrogens with two attached hydrogens (primary N) is 2. The van der Waals surface area contributed by atoms with E-state index in [4.69, 9.17) is 16.2 Å². The van der Waals surface area contributed by atoms with Gasteiger partial charge in [-0.15, -0.1) is 0 Å². The Labute approximate surface area is 106 Å². The number of carbonyl (C=O) groups is 2. The van der Waals surface area contributed by atoms with Gasteiger partial charge in [-0.1, -0.05) is 0 Å². The zero-order chi connectivity index (χ0) is 14.2. The molecule has 2 rings (SSSR count). The zero-order valence-electron chi connectivity index (χ0n) is 9.91. The van der Waals surface area contributed by atoms with Gasteiger partial charge in [-0.05, 0) is 12.1 Å². The van der Waals surface area contributed by atoms with Crippen LogP contribution in [0.4, 0.5) is 15.0 Å². The third kappa shape index (κ3) is 2.03. The summed E-state index contributed by atoms with van der Waals surface area (Å²) in [5.74, 6) is -1.34. The number of anilines is 1. The Bertz CT molecular complexity index is 680. The van der Waals surface area contributed by atoms with Crippen LogP contribution in [0.25, 0.3) is 10.9 Å². The van der Waals surface area contributed by atoms with Crippen LogP contribution in [0.15, 0.2) is 12.1 Å². The van der Waals surface area contributed by atoms with Crippen LogP contribution in [0.2, 0.25) is 0 Å². The summed E-state index contributed by atoms with van der Waals surface area (Å²) in [5, 5.41) is 2.12. The van der Waals surface area contributed by atoms with E-state index in [-0.39, 0.29) is 22.3 Å². The lowest BCUT2D eigenvalue weighted by atomic mass is 10.1. The summed E-state index contributed by atoms with van der Waals surface area (Å²) >= 11 is 0. The number of aromatic amines is 1. The van der Waals surface area contributed by atoms with Gasteiger partial charge in [-0.2, -0.15) is 0 Å². The largest absolute Gasteiger partial charge is 0.495 e. The fourth-order valence-corrected chi connectivity index (χ4v) is 1.87. The molecule has 0 saturated heterocycles. The van der Waals surface area contributed by atoms with Crippen LogP contribution in [0.5, 0.6) is 5.75 Å². The first-order valence-corrected chi connectivity index (χ1v) is 5.20. The standard InChI is InChI=1S/C11H11FN4O3/c1-19-5-3-2-4(12)6-7(9(13)17)10(15-8(5)6)16-11(14)18/h2-3,15H,1H3,(H2,13,17)(H3,14,16,18). The van der Waals surface area contributed by atoms with Crippen LogP contribution in [-0.4, -0.2) is 24.0 Å². The molecule has 2 aromatic rings. The minimum absolute atomic E-state index is 0.0596. The first-order valence-electron chi connectivity index (χ1n) is 5.20. The Balaban J connectivity index is 2.83. The van der Waals surface area contributed by atoms with E-state index in [0.29, 0.717) is 5.75 Å². The summed E-state index contributed by atoms with van der Waals surface area (Å²) in [6.45, 7) is 0. The summed E-state index contributed by atoms with van der Waals surface area (Å²) in [7, 11) is 1.39.